The third-order valence-corrected chi connectivity index (χ3v) is 6.19. The van der Waals surface area contributed by atoms with E-state index in [1.807, 2.05) is 41.3 Å². The van der Waals surface area contributed by atoms with Gasteiger partial charge in [-0.25, -0.2) is 0 Å². The Labute approximate surface area is 206 Å². The molecule has 0 saturated heterocycles. The van der Waals surface area contributed by atoms with Gasteiger partial charge in [-0.1, -0.05) is 69.2 Å². The van der Waals surface area contributed by atoms with Crippen LogP contribution >= 0.6 is 11.6 Å². The lowest BCUT2D eigenvalue weighted by molar-refractivity contribution is -0.868. The molecule has 2 rings (SSSR count). The highest BCUT2D eigenvalue weighted by Crippen LogP contribution is 2.34. The van der Waals surface area contributed by atoms with Crippen LogP contribution in [0.4, 0.5) is 5.69 Å². The summed E-state index contributed by atoms with van der Waals surface area (Å²) in [7, 11) is 8.15. The van der Waals surface area contributed by atoms with Crippen molar-refractivity contribution < 1.29 is 14.0 Å². The number of halogens is 1. The molecular weight excluding hydrogens is 432 g/mol. The number of carbonyl (C=O) groups excluding carboxylic acids is 1. The Hall–Kier alpha value is -2.04. The molecule has 2 aromatic carbocycles. The summed E-state index contributed by atoms with van der Waals surface area (Å²) in [5.41, 5.74) is 2.90. The molecule has 0 aliphatic heterocycles. The van der Waals surface area contributed by atoms with E-state index in [-0.39, 0.29) is 5.91 Å². The number of likely N-dealkylation sites (N-methyl/N-ethyl adjacent to an activating group) is 1. The van der Waals surface area contributed by atoms with Gasteiger partial charge in [-0.15, -0.1) is 0 Å². The number of nitrogens with zero attached hydrogens (tertiary/aromatic N) is 2. The molecule has 0 bridgehead atoms. The molecule has 1 amide bonds. The van der Waals surface area contributed by atoms with Crippen molar-refractivity contribution >= 4 is 23.2 Å². The molecule has 0 fully saturated rings. The lowest BCUT2D eigenvalue weighted by atomic mass is 10.0. The lowest BCUT2D eigenvalue weighted by Crippen LogP contribution is -2.44. The normalized spacial score (nSPS) is 11.5. The van der Waals surface area contributed by atoms with Gasteiger partial charge >= 0.3 is 0 Å². The highest BCUT2D eigenvalue weighted by Gasteiger charge is 2.20. The Bertz CT molecular complexity index is 859. The van der Waals surface area contributed by atoms with Crippen LogP contribution < -0.4 is 9.64 Å². The molecule has 2 aromatic rings. The maximum absolute atomic E-state index is 13.3. The summed E-state index contributed by atoms with van der Waals surface area (Å²) in [6.45, 7) is 3.80. The number of unbranched alkanes of at least 4 members (excludes halogenated alkanes) is 6. The summed E-state index contributed by atoms with van der Waals surface area (Å²) >= 11 is 6.09. The summed E-state index contributed by atoms with van der Waals surface area (Å²) < 4.78 is 6.43. The molecule has 0 atom stereocenters. The Morgan fingerprint density at radius 1 is 0.939 bits per heavy atom. The Balaban J connectivity index is 2.19. The van der Waals surface area contributed by atoms with Gasteiger partial charge in [-0.3, -0.25) is 4.79 Å². The van der Waals surface area contributed by atoms with Crippen LogP contribution in [0.2, 0.25) is 5.02 Å². The van der Waals surface area contributed by atoms with Gasteiger partial charge in [0, 0.05) is 22.7 Å². The van der Waals surface area contributed by atoms with Gasteiger partial charge in [0.1, 0.15) is 5.75 Å². The first-order chi connectivity index (χ1) is 15.7. The summed E-state index contributed by atoms with van der Waals surface area (Å²) in [4.78, 5) is 15.3. The van der Waals surface area contributed by atoms with Crippen LogP contribution in [0.5, 0.6) is 5.75 Å². The number of quaternary nitrogens is 1. The SMILES string of the molecule is CCCCCCCCCC(=O)N(CC[N+](C)(C)C)c1ccc(OC)c(-c2ccc(Cl)cc2)c1. The molecular formula is C28H42ClN2O2+. The average Bonchev–Trinajstić information content (AvgIpc) is 2.78. The maximum Gasteiger partial charge on any atom is 0.227 e. The number of ether oxygens (including phenoxy) is 1. The molecule has 0 saturated carbocycles. The zero-order chi connectivity index (χ0) is 24.3. The predicted molar refractivity (Wildman–Crippen MR) is 141 cm³/mol. The summed E-state index contributed by atoms with van der Waals surface area (Å²) in [5, 5.41) is 0.698. The topological polar surface area (TPSA) is 29.5 Å². The average molecular weight is 474 g/mol. The second kappa shape index (κ2) is 13.6. The van der Waals surface area contributed by atoms with Crippen LogP contribution in [0.1, 0.15) is 58.3 Å². The number of hydrogen-bond donors (Lipinski definition) is 0. The van der Waals surface area contributed by atoms with Gasteiger partial charge < -0.3 is 14.1 Å². The second-order valence-electron chi connectivity index (χ2n) is 9.82. The third kappa shape index (κ3) is 9.38. The Kier molecular flexibility index (Phi) is 11.2. The zero-order valence-corrected chi connectivity index (χ0v) is 22.0. The quantitative estimate of drug-likeness (QED) is 0.214. The summed E-state index contributed by atoms with van der Waals surface area (Å²) in [6.07, 6.45) is 9.03. The summed E-state index contributed by atoms with van der Waals surface area (Å²) in [5.74, 6) is 0.983. The van der Waals surface area contributed by atoms with Crippen LogP contribution in [-0.4, -0.2) is 51.7 Å². The third-order valence-electron chi connectivity index (χ3n) is 5.94. The number of carbonyl (C=O) groups is 1. The minimum absolute atomic E-state index is 0.198. The lowest BCUT2D eigenvalue weighted by Gasteiger charge is -2.29. The van der Waals surface area contributed by atoms with E-state index in [0.29, 0.717) is 18.0 Å². The van der Waals surface area contributed by atoms with Gasteiger partial charge in [-0.2, -0.15) is 0 Å². The van der Waals surface area contributed by atoms with E-state index in [1.165, 1.54) is 32.1 Å². The molecule has 0 N–H and O–H groups in total. The maximum atomic E-state index is 13.3. The van der Waals surface area contributed by atoms with Crippen molar-refractivity contribution in [3.63, 3.8) is 0 Å². The first kappa shape index (κ1) is 27.2. The van der Waals surface area contributed by atoms with Gasteiger partial charge in [-0.05, 0) is 42.3 Å². The molecule has 0 heterocycles. The van der Waals surface area contributed by atoms with Crippen molar-refractivity contribution in [1.82, 2.24) is 0 Å². The molecule has 0 aliphatic rings. The van der Waals surface area contributed by atoms with Crippen molar-refractivity contribution in [2.75, 3.05) is 46.2 Å². The van der Waals surface area contributed by atoms with Crippen LogP contribution in [0.15, 0.2) is 42.5 Å². The van der Waals surface area contributed by atoms with Crippen molar-refractivity contribution in [3.05, 3.63) is 47.5 Å². The largest absolute Gasteiger partial charge is 0.496 e. The molecule has 0 spiro atoms. The van der Waals surface area contributed by atoms with Gasteiger partial charge in [0.15, 0.2) is 0 Å². The fourth-order valence-electron chi connectivity index (χ4n) is 3.88. The molecule has 0 aromatic heterocycles. The van der Waals surface area contributed by atoms with E-state index >= 15 is 0 Å². The smallest absolute Gasteiger partial charge is 0.227 e. The predicted octanol–water partition coefficient (Wildman–Crippen LogP) is 7.20. The van der Waals surface area contributed by atoms with E-state index in [0.717, 1.165) is 46.4 Å². The first-order valence-electron chi connectivity index (χ1n) is 12.3. The van der Waals surface area contributed by atoms with Gasteiger partial charge in [0.05, 0.1) is 41.3 Å². The van der Waals surface area contributed by atoms with Gasteiger partial charge in [0.25, 0.3) is 0 Å². The van der Waals surface area contributed by atoms with Crippen LogP contribution in [0.3, 0.4) is 0 Å². The summed E-state index contributed by atoms with van der Waals surface area (Å²) in [6, 6.07) is 13.8. The van der Waals surface area contributed by atoms with E-state index < -0.39 is 0 Å². The second-order valence-corrected chi connectivity index (χ2v) is 10.3. The van der Waals surface area contributed by atoms with E-state index in [2.05, 4.69) is 34.1 Å². The monoisotopic (exact) mass is 473 g/mol. The number of rotatable bonds is 14. The number of hydrogen-bond acceptors (Lipinski definition) is 2. The molecule has 182 valence electrons. The molecule has 5 heteroatoms. The van der Waals surface area contributed by atoms with Crippen molar-refractivity contribution in [2.45, 2.75) is 58.3 Å². The molecule has 4 nitrogen and oxygen atoms in total. The van der Waals surface area contributed by atoms with Crippen LogP contribution in [-0.2, 0) is 4.79 Å². The van der Waals surface area contributed by atoms with E-state index in [4.69, 9.17) is 16.3 Å². The van der Waals surface area contributed by atoms with Crippen LogP contribution in [0, 0.1) is 0 Å². The molecule has 0 unspecified atom stereocenters. The minimum Gasteiger partial charge on any atom is -0.496 e. The highest BCUT2D eigenvalue weighted by molar-refractivity contribution is 6.30. The zero-order valence-electron chi connectivity index (χ0n) is 21.2. The Morgan fingerprint density at radius 3 is 2.18 bits per heavy atom. The fourth-order valence-corrected chi connectivity index (χ4v) is 4.01. The van der Waals surface area contributed by atoms with E-state index in [9.17, 15) is 4.79 Å². The van der Waals surface area contributed by atoms with Crippen LogP contribution in [0.25, 0.3) is 11.1 Å². The van der Waals surface area contributed by atoms with Crippen molar-refractivity contribution in [3.8, 4) is 16.9 Å². The van der Waals surface area contributed by atoms with Crippen molar-refractivity contribution in [1.29, 1.82) is 0 Å². The number of benzene rings is 2. The minimum atomic E-state index is 0.198. The fraction of sp³-hybridized carbons (Fsp3) is 0.536. The number of anilines is 1. The number of amides is 1. The highest BCUT2D eigenvalue weighted by atomic mass is 35.5. The number of methoxy groups -OCH3 is 1. The first-order valence-corrected chi connectivity index (χ1v) is 12.7. The van der Waals surface area contributed by atoms with Gasteiger partial charge in [0.2, 0.25) is 5.91 Å². The molecule has 33 heavy (non-hydrogen) atoms. The molecule has 0 radical (unpaired) electrons. The van der Waals surface area contributed by atoms with E-state index in [1.54, 1.807) is 7.11 Å². The van der Waals surface area contributed by atoms with Crippen molar-refractivity contribution in [2.24, 2.45) is 0 Å². The Morgan fingerprint density at radius 2 is 1.58 bits per heavy atom. The standard InChI is InChI=1S/C28H42ClN2O2/c1-6-7-8-9-10-11-12-13-28(32)30(20-21-31(2,3)4)25-18-19-27(33-5)26(22-25)23-14-16-24(29)17-15-23/h14-19,22H,6-13,20-21H2,1-5H3/q+1. The molecule has 0 aliphatic carbocycles.